The zero-order valence-corrected chi connectivity index (χ0v) is 14.1. The second-order valence-corrected chi connectivity index (χ2v) is 6.44. The fourth-order valence-electron chi connectivity index (χ4n) is 2.99. The van der Waals surface area contributed by atoms with Gasteiger partial charge < -0.3 is 10.0 Å². The molecule has 1 aliphatic rings. The maximum absolute atomic E-state index is 12.5. The lowest BCUT2D eigenvalue weighted by Gasteiger charge is -2.19. The fraction of sp³-hybridized carbons (Fsp3) is 0.562. The van der Waals surface area contributed by atoms with Crippen molar-refractivity contribution in [1.82, 2.24) is 4.90 Å². The van der Waals surface area contributed by atoms with Crippen molar-refractivity contribution in [2.24, 2.45) is 16.2 Å². The lowest BCUT2D eigenvalue weighted by molar-refractivity contribution is -0.131. The molecule has 5 nitrogen and oxygen atoms in total. The van der Waals surface area contributed by atoms with Crippen LogP contribution >= 0.6 is 8.52 Å². The smallest absolute Gasteiger partial charge is 0.226 e. The number of hydrogen-bond acceptors (Lipinski definition) is 3. The van der Waals surface area contributed by atoms with Gasteiger partial charge in [-0.25, -0.2) is 4.74 Å². The lowest BCUT2D eigenvalue weighted by Crippen LogP contribution is -2.28. The maximum Gasteiger partial charge on any atom is 0.226 e. The van der Waals surface area contributed by atoms with Gasteiger partial charge in [0.15, 0.2) is 0 Å². The van der Waals surface area contributed by atoms with Crippen LogP contribution < -0.4 is 5.50 Å². The van der Waals surface area contributed by atoms with Crippen LogP contribution in [0.3, 0.4) is 0 Å². The molecule has 1 aromatic carbocycles. The molecule has 1 aliphatic heterocycles. The van der Waals surface area contributed by atoms with Gasteiger partial charge in [0.2, 0.25) is 5.91 Å². The molecule has 1 fully saturated rings. The summed E-state index contributed by atoms with van der Waals surface area (Å²) in [7, 11) is 0.417. The first-order valence-electron chi connectivity index (χ1n) is 7.61. The number of carbonyl (C=O) groups excluding carboxylic acids is 1. The van der Waals surface area contributed by atoms with Crippen molar-refractivity contribution in [3.63, 3.8) is 0 Å². The number of benzene rings is 1. The Morgan fingerprint density at radius 1 is 1.50 bits per heavy atom. The third-order valence-electron chi connectivity index (χ3n) is 4.27. The molecule has 1 aromatic rings. The van der Waals surface area contributed by atoms with Crippen molar-refractivity contribution in [3.8, 4) is 0 Å². The van der Waals surface area contributed by atoms with E-state index in [1.54, 1.807) is 0 Å². The Labute approximate surface area is 133 Å². The number of nitrogens with two attached hydrogens (primary N) is 1. The molecular weight excluding hydrogens is 297 g/mol. The molecule has 1 amide bonds. The number of hydrogen-bond donors (Lipinski definition) is 2. The second-order valence-electron chi connectivity index (χ2n) is 5.98. The fourth-order valence-corrected chi connectivity index (χ4v) is 3.34. The first kappa shape index (κ1) is 17.1. The van der Waals surface area contributed by atoms with Gasteiger partial charge in [-0.15, -0.1) is 0 Å². The van der Waals surface area contributed by atoms with Crippen LogP contribution in [-0.4, -0.2) is 35.1 Å². The Morgan fingerprint density at radius 3 is 2.91 bits per heavy atom. The lowest BCUT2D eigenvalue weighted by atomic mass is 9.99. The second kappa shape index (κ2) is 7.82. The van der Waals surface area contributed by atoms with Crippen LogP contribution in [0, 0.1) is 19.8 Å². The van der Waals surface area contributed by atoms with Crippen molar-refractivity contribution in [3.05, 3.63) is 34.9 Å². The minimum Gasteiger partial charge on any atom is -0.394 e. The normalized spacial score (nSPS) is 20.1. The Bertz CT molecular complexity index is 562. The zero-order valence-electron chi connectivity index (χ0n) is 13.2. The number of aliphatic hydroxyl groups excluding tert-OH is 1. The van der Waals surface area contributed by atoms with E-state index in [0.717, 1.165) is 13.0 Å². The third kappa shape index (κ3) is 4.13. The monoisotopic (exact) mass is 321 g/mol. The summed E-state index contributed by atoms with van der Waals surface area (Å²) < 4.78 is 4.10. The number of amides is 1. The summed E-state index contributed by atoms with van der Waals surface area (Å²) in [6, 6.07) is 6.10. The molecular formula is C16H24N3O2P. The SMILES string of the molecule is Cc1ccc(CN2CCC(CC(CO)N=PN)C2=O)c(C)c1. The van der Waals surface area contributed by atoms with E-state index >= 15 is 0 Å². The summed E-state index contributed by atoms with van der Waals surface area (Å²) in [4.78, 5) is 14.4. The summed E-state index contributed by atoms with van der Waals surface area (Å²) in [5.74, 6) is 0.121. The van der Waals surface area contributed by atoms with Crippen molar-refractivity contribution < 1.29 is 9.90 Å². The zero-order chi connectivity index (χ0) is 16.1. The van der Waals surface area contributed by atoms with Crippen molar-refractivity contribution >= 4 is 14.4 Å². The summed E-state index contributed by atoms with van der Waals surface area (Å²) in [5, 5.41) is 9.29. The average Bonchev–Trinajstić information content (AvgIpc) is 2.82. The van der Waals surface area contributed by atoms with Crippen LogP contribution in [0.5, 0.6) is 0 Å². The number of nitrogens with zero attached hydrogens (tertiary/aromatic N) is 2. The van der Waals surface area contributed by atoms with Crippen LogP contribution in [0.15, 0.2) is 22.9 Å². The van der Waals surface area contributed by atoms with Crippen LogP contribution in [0.25, 0.3) is 0 Å². The number of likely N-dealkylation sites (tertiary alicyclic amines) is 1. The van der Waals surface area contributed by atoms with Crippen molar-refractivity contribution in [2.75, 3.05) is 13.2 Å². The van der Waals surface area contributed by atoms with Crippen molar-refractivity contribution in [2.45, 2.75) is 39.3 Å². The predicted octanol–water partition coefficient (Wildman–Crippen LogP) is 2.41. The molecule has 1 saturated heterocycles. The molecule has 0 aromatic heterocycles. The summed E-state index contributed by atoms with van der Waals surface area (Å²) in [6.45, 7) is 5.54. The molecule has 1 heterocycles. The third-order valence-corrected chi connectivity index (χ3v) is 4.72. The molecule has 0 spiro atoms. The van der Waals surface area contributed by atoms with Gasteiger partial charge in [-0.2, -0.15) is 0 Å². The molecule has 3 N–H and O–H groups in total. The molecule has 0 radical (unpaired) electrons. The van der Waals surface area contributed by atoms with Gasteiger partial charge in [-0.1, -0.05) is 23.8 Å². The van der Waals surface area contributed by atoms with E-state index in [2.05, 4.69) is 36.8 Å². The highest BCUT2D eigenvalue weighted by molar-refractivity contribution is 7.23. The van der Waals surface area contributed by atoms with E-state index in [-0.39, 0.29) is 24.5 Å². The van der Waals surface area contributed by atoms with E-state index < -0.39 is 0 Å². The van der Waals surface area contributed by atoms with Crippen LogP contribution in [0.2, 0.25) is 0 Å². The first-order chi connectivity index (χ1) is 10.5. The van der Waals surface area contributed by atoms with Gasteiger partial charge in [0, 0.05) is 19.0 Å². The van der Waals surface area contributed by atoms with Crippen molar-refractivity contribution in [1.29, 1.82) is 0 Å². The van der Waals surface area contributed by atoms with E-state index in [1.165, 1.54) is 16.7 Å². The minimum atomic E-state index is -0.235. The Morgan fingerprint density at radius 2 is 2.27 bits per heavy atom. The molecule has 0 aliphatic carbocycles. The topological polar surface area (TPSA) is 78.9 Å². The maximum atomic E-state index is 12.5. The average molecular weight is 321 g/mol. The summed E-state index contributed by atoms with van der Waals surface area (Å²) >= 11 is 0. The first-order valence-corrected chi connectivity index (χ1v) is 8.52. The molecule has 2 unspecified atom stereocenters. The number of aryl methyl sites for hydroxylation is 2. The van der Waals surface area contributed by atoms with E-state index in [4.69, 9.17) is 5.50 Å². The number of carbonyl (C=O) groups is 1. The Kier molecular flexibility index (Phi) is 6.07. The number of rotatable bonds is 6. The standard InChI is InChI=1S/C16H24N3O2P/c1-11-3-4-14(12(2)7-11)9-19-6-5-13(16(19)21)8-15(10-20)18-22-17/h3-4,7,13,15,20H,5-6,8-10H2,1-2H3,(H2,17,18). The molecule has 22 heavy (non-hydrogen) atoms. The van der Waals surface area contributed by atoms with Crippen LogP contribution in [0.4, 0.5) is 0 Å². The molecule has 2 atom stereocenters. The van der Waals surface area contributed by atoms with Gasteiger partial charge in [-0.05, 0) is 37.8 Å². The highest BCUT2D eigenvalue weighted by Crippen LogP contribution is 2.26. The van der Waals surface area contributed by atoms with Gasteiger partial charge in [0.25, 0.3) is 0 Å². The van der Waals surface area contributed by atoms with Gasteiger partial charge in [-0.3, -0.25) is 10.3 Å². The van der Waals surface area contributed by atoms with E-state index in [9.17, 15) is 9.90 Å². The van der Waals surface area contributed by atoms with Gasteiger partial charge >= 0.3 is 0 Å². The Hall–Kier alpha value is -1.29. The van der Waals surface area contributed by atoms with Crippen LogP contribution in [-0.2, 0) is 11.3 Å². The molecule has 0 saturated carbocycles. The molecule has 0 bridgehead atoms. The largest absolute Gasteiger partial charge is 0.394 e. The van der Waals surface area contributed by atoms with E-state index in [1.807, 2.05) is 4.90 Å². The highest BCUT2D eigenvalue weighted by Gasteiger charge is 2.33. The predicted molar refractivity (Wildman–Crippen MR) is 88.5 cm³/mol. The highest BCUT2D eigenvalue weighted by atomic mass is 31.1. The molecule has 120 valence electrons. The number of aliphatic hydroxyl groups is 1. The molecule has 2 rings (SSSR count). The quantitative estimate of drug-likeness (QED) is 0.790. The summed E-state index contributed by atoms with van der Waals surface area (Å²) in [6.07, 6.45) is 1.42. The van der Waals surface area contributed by atoms with Gasteiger partial charge in [0.05, 0.1) is 21.2 Å². The van der Waals surface area contributed by atoms with Crippen LogP contribution in [0.1, 0.15) is 29.5 Å². The molecule has 6 heteroatoms. The van der Waals surface area contributed by atoms with Gasteiger partial charge in [0.1, 0.15) is 0 Å². The Balaban J connectivity index is 1.99. The summed E-state index contributed by atoms with van der Waals surface area (Å²) in [5.41, 5.74) is 9.03. The minimum absolute atomic E-state index is 0.0478. The van der Waals surface area contributed by atoms with E-state index in [0.29, 0.717) is 21.5 Å².